The highest BCUT2D eigenvalue weighted by Crippen LogP contribution is 2.36. The van der Waals surface area contributed by atoms with Gasteiger partial charge in [0.05, 0.1) is 5.38 Å². The Labute approximate surface area is 77.9 Å². The van der Waals surface area contributed by atoms with Crippen molar-refractivity contribution in [3.8, 4) is 0 Å². The van der Waals surface area contributed by atoms with E-state index in [2.05, 4.69) is 32.1 Å². The van der Waals surface area contributed by atoms with Crippen LogP contribution in [-0.2, 0) is 0 Å². The lowest BCUT2D eigenvalue weighted by atomic mass is 9.99. The van der Waals surface area contributed by atoms with E-state index in [1.807, 2.05) is 6.08 Å². The Kier molecular flexibility index (Phi) is 1.73. The molecule has 0 saturated heterocycles. The first-order valence-corrected chi connectivity index (χ1v) is 4.56. The number of benzene rings is 1. The summed E-state index contributed by atoms with van der Waals surface area (Å²) in [4.78, 5) is 0. The molecule has 1 atom stereocenters. The van der Waals surface area contributed by atoms with Gasteiger partial charge >= 0.3 is 0 Å². The van der Waals surface area contributed by atoms with E-state index < -0.39 is 0 Å². The standard InChI is InChI=1S/C11H11Cl/c1-7-3-4-8(2)11-9(7)5-6-10(11)12/h3-6,10H,1-2H3. The predicted octanol–water partition coefficient (Wildman–Crippen LogP) is 3.61. The van der Waals surface area contributed by atoms with Crippen LogP contribution < -0.4 is 0 Å². The molecule has 1 aromatic rings. The van der Waals surface area contributed by atoms with E-state index in [0.717, 1.165) is 0 Å². The fourth-order valence-corrected chi connectivity index (χ4v) is 2.08. The van der Waals surface area contributed by atoms with Gasteiger partial charge in [-0.2, -0.15) is 0 Å². The summed E-state index contributed by atoms with van der Waals surface area (Å²) in [5, 5.41) is 0.0832. The summed E-state index contributed by atoms with van der Waals surface area (Å²) in [6.45, 7) is 4.23. The third-order valence-corrected chi connectivity index (χ3v) is 2.79. The van der Waals surface area contributed by atoms with Gasteiger partial charge in [-0.15, -0.1) is 11.6 Å². The minimum Gasteiger partial charge on any atom is -0.113 e. The van der Waals surface area contributed by atoms with Gasteiger partial charge < -0.3 is 0 Å². The third kappa shape index (κ3) is 0.987. The van der Waals surface area contributed by atoms with Gasteiger partial charge in [-0.05, 0) is 36.1 Å². The van der Waals surface area contributed by atoms with Gasteiger partial charge in [0.15, 0.2) is 0 Å². The zero-order chi connectivity index (χ0) is 8.72. The SMILES string of the molecule is Cc1ccc(C)c2c1C=CC2Cl. The summed E-state index contributed by atoms with van der Waals surface area (Å²) >= 11 is 6.13. The van der Waals surface area contributed by atoms with Crippen LogP contribution in [0.15, 0.2) is 18.2 Å². The molecule has 0 spiro atoms. The molecule has 0 bridgehead atoms. The number of halogens is 1. The number of rotatable bonds is 0. The maximum Gasteiger partial charge on any atom is 0.0777 e. The van der Waals surface area contributed by atoms with E-state index in [1.54, 1.807) is 0 Å². The van der Waals surface area contributed by atoms with Gasteiger partial charge in [0, 0.05) is 0 Å². The van der Waals surface area contributed by atoms with Crippen molar-refractivity contribution in [1.82, 2.24) is 0 Å². The highest BCUT2D eigenvalue weighted by atomic mass is 35.5. The molecule has 1 aromatic carbocycles. The van der Waals surface area contributed by atoms with Crippen LogP contribution in [-0.4, -0.2) is 0 Å². The van der Waals surface area contributed by atoms with Crippen LogP contribution in [0.5, 0.6) is 0 Å². The number of hydrogen-bond donors (Lipinski definition) is 0. The summed E-state index contributed by atoms with van der Waals surface area (Å²) in [7, 11) is 0. The average molecular weight is 179 g/mol. The maximum atomic E-state index is 6.13. The molecule has 1 heteroatoms. The van der Waals surface area contributed by atoms with E-state index in [1.165, 1.54) is 22.3 Å². The van der Waals surface area contributed by atoms with Gasteiger partial charge in [-0.3, -0.25) is 0 Å². The summed E-state index contributed by atoms with van der Waals surface area (Å²) in [6.07, 6.45) is 4.17. The minimum atomic E-state index is 0.0832. The molecule has 0 heterocycles. The second-order valence-electron chi connectivity index (χ2n) is 3.29. The monoisotopic (exact) mass is 178 g/mol. The van der Waals surface area contributed by atoms with Crippen LogP contribution in [0.3, 0.4) is 0 Å². The van der Waals surface area contributed by atoms with Crippen molar-refractivity contribution < 1.29 is 0 Å². The molecule has 1 unspecified atom stereocenters. The highest BCUT2D eigenvalue weighted by molar-refractivity contribution is 6.23. The van der Waals surface area contributed by atoms with Gasteiger partial charge in [-0.1, -0.05) is 24.3 Å². The topological polar surface area (TPSA) is 0 Å². The zero-order valence-electron chi connectivity index (χ0n) is 7.26. The smallest absolute Gasteiger partial charge is 0.0777 e. The van der Waals surface area contributed by atoms with Crippen molar-refractivity contribution in [3.63, 3.8) is 0 Å². The van der Waals surface area contributed by atoms with Crippen LogP contribution >= 0.6 is 11.6 Å². The summed E-state index contributed by atoms with van der Waals surface area (Å²) in [5.74, 6) is 0. The lowest BCUT2D eigenvalue weighted by molar-refractivity contribution is 1.18. The Morgan fingerprint density at radius 2 is 1.83 bits per heavy atom. The number of allylic oxidation sites excluding steroid dienone is 1. The fourth-order valence-electron chi connectivity index (χ4n) is 1.72. The molecule has 0 aliphatic heterocycles. The average Bonchev–Trinajstić information content (AvgIpc) is 2.42. The Balaban J connectivity index is 2.71. The number of fused-ring (bicyclic) bond motifs is 1. The quantitative estimate of drug-likeness (QED) is 0.533. The highest BCUT2D eigenvalue weighted by Gasteiger charge is 2.17. The van der Waals surface area contributed by atoms with Crippen LogP contribution in [0.2, 0.25) is 0 Å². The summed E-state index contributed by atoms with van der Waals surface area (Å²) in [5.41, 5.74) is 5.21. The number of alkyl halides is 1. The first-order chi connectivity index (χ1) is 5.70. The van der Waals surface area contributed by atoms with Gasteiger partial charge in [0.25, 0.3) is 0 Å². The molecule has 0 aromatic heterocycles. The van der Waals surface area contributed by atoms with Crippen molar-refractivity contribution in [3.05, 3.63) is 40.5 Å². The minimum absolute atomic E-state index is 0.0832. The molecule has 62 valence electrons. The van der Waals surface area contributed by atoms with Crippen molar-refractivity contribution in [2.24, 2.45) is 0 Å². The largest absolute Gasteiger partial charge is 0.113 e. The predicted molar refractivity (Wildman–Crippen MR) is 53.5 cm³/mol. The lowest BCUT2D eigenvalue weighted by Gasteiger charge is -2.09. The van der Waals surface area contributed by atoms with E-state index >= 15 is 0 Å². The molecule has 2 rings (SSSR count). The van der Waals surface area contributed by atoms with Gasteiger partial charge in [0.2, 0.25) is 0 Å². The van der Waals surface area contributed by atoms with E-state index in [4.69, 9.17) is 11.6 Å². The number of aryl methyl sites for hydroxylation is 2. The molecule has 0 radical (unpaired) electrons. The summed E-state index contributed by atoms with van der Waals surface area (Å²) < 4.78 is 0. The normalized spacial score (nSPS) is 19.8. The van der Waals surface area contributed by atoms with Crippen molar-refractivity contribution >= 4 is 17.7 Å². The van der Waals surface area contributed by atoms with Crippen LogP contribution in [0, 0.1) is 13.8 Å². The molecule has 1 aliphatic rings. The Morgan fingerprint density at radius 1 is 1.17 bits per heavy atom. The second kappa shape index (κ2) is 2.63. The van der Waals surface area contributed by atoms with Crippen LogP contribution in [0.1, 0.15) is 27.6 Å². The first-order valence-electron chi connectivity index (χ1n) is 4.12. The maximum absolute atomic E-state index is 6.13. The summed E-state index contributed by atoms with van der Waals surface area (Å²) in [6, 6.07) is 4.28. The Hall–Kier alpha value is -0.750. The van der Waals surface area contributed by atoms with Crippen LogP contribution in [0.4, 0.5) is 0 Å². The molecule has 0 saturated carbocycles. The van der Waals surface area contributed by atoms with E-state index in [9.17, 15) is 0 Å². The molecular formula is C11H11Cl. The van der Waals surface area contributed by atoms with Crippen LogP contribution in [0.25, 0.3) is 6.08 Å². The molecule has 0 fully saturated rings. The van der Waals surface area contributed by atoms with Crippen molar-refractivity contribution in [2.45, 2.75) is 19.2 Å². The van der Waals surface area contributed by atoms with Crippen molar-refractivity contribution in [1.29, 1.82) is 0 Å². The second-order valence-corrected chi connectivity index (χ2v) is 3.76. The molecule has 1 aliphatic carbocycles. The Morgan fingerprint density at radius 3 is 2.50 bits per heavy atom. The van der Waals surface area contributed by atoms with E-state index in [-0.39, 0.29) is 5.38 Å². The fraction of sp³-hybridized carbons (Fsp3) is 0.273. The van der Waals surface area contributed by atoms with Gasteiger partial charge in [-0.25, -0.2) is 0 Å². The molecular weight excluding hydrogens is 168 g/mol. The van der Waals surface area contributed by atoms with Gasteiger partial charge in [0.1, 0.15) is 0 Å². The molecule has 0 nitrogen and oxygen atoms in total. The first kappa shape index (κ1) is 7.88. The Bertz CT molecular complexity index is 350. The molecule has 0 N–H and O–H groups in total. The molecule has 0 amide bonds. The van der Waals surface area contributed by atoms with Crippen molar-refractivity contribution in [2.75, 3.05) is 0 Å². The third-order valence-electron chi connectivity index (χ3n) is 2.43. The zero-order valence-corrected chi connectivity index (χ0v) is 8.02. The number of hydrogen-bond acceptors (Lipinski definition) is 0. The lowest BCUT2D eigenvalue weighted by Crippen LogP contribution is -1.92. The molecule has 12 heavy (non-hydrogen) atoms. The van der Waals surface area contributed by atoms with E-state index in [0.29, 0.717) is 0 Å².